The molecule has 184 valence electrons. The normalized spacial score (nSPS) is 14.2. The minimum atomic E-state index is -0.382. The van der Waals surface area contributed by atoms with Crippen LogP contribution in [0.15, 0.2) is 77.6 Å². The van der Waals surface area contributed by atoms with Crippen molar-refractivity contribution in [2.75, 3.05) is 33.3 Å². The Labute approximate surface area is 208 Å². The van der Waals surface area contributed by atoms with Crippen LogP contribution in [0, 0.1) is 5.82 Å². The monoisotopic (exact) mass is 486 g/mol. The smallest absolute Gasteiger partial charge is 0.275 e. The third kappa shape index (κ3) is 4.85. The highest BCUT2D eigenvalue weighted by Crippen LogP contribution is 2.20. The third-order valence-corrected chi connectivity index (χ3v) is 6.53. The summed E-state index contributed by atoms with van der Waals surface area (Å²) in [5.74, 6) is -0.349. The van der Waals surface area contributed by atoms with Gasteiger partial charge in [0.25, 0.3) is 11.5 Å². The molecule has 1 aliphatic heterocycles. The van der Waals surface area contributed by atoms with Crippen LogP contribution in [0.5, 0.6) is 5.75 Å². The summed E-state index contributed by atoms with van der Waals surface area (Å²) < 4.78 is 20.4. The van der Waals surface area contributed by atoms with E-state index in [1.807, 2.05) is 42.5 Å². The van der Waals surface area contributed by atoms with Crippen LogP contribution in [0.2, 0.25) is 0 Å². The van der Waals surface area contributed by atoms with E-state index in [0.717, 1.165) is 11.1 Å². The van der Waals surface area contributed by atoms with E-state index in [-0.39, 0.29) is 35.3 Å². The van der Waals surface area contributed by atoms with Crippen molar-refractivity contribution in [1.29, 1.82) is 0 Å². The summed E-state index contributed by atoms with van der Waals surface area (Å²) in [7, 11) is 1.44. The van der Waals surface area contributed by atoms with Gasteiger partial charge in [0.05, 0.1) is 19.0 Å². The van der Waals surface area contributed by atoms with Crippen LogP contribution in [-0.4, -0.2) is 58.8 Å². The van der Waals surface area contributed by atoms with Gasteiger partial charge in [0.1, 0.15) is 0 Å². The topological polar surface area (TPSA) is 67.7 Å². The van der Waals surface area contributed by atoms with E-state index in [1.165, 1.54) is 17.9 Å². The minimum absolute atomic E-state index is 0.192. The Morgan fingerprint density at radius 1 is 0.889 bits per heavy atom. The second kappa shape index (κ2) is 10.3. The largest absolute Gasteiger partial charge is 0.494 e. The predicted octanol–water partition coefficient (Wildman–Crippen LogP) is 3.55. The van der Waals surface area contributed by atoms with Crippen LogP contribution in [0.4, 0.5) is 4.39 Å². The number of methoxy groups -OCH3 is 1. The molecular weight excluding hydrogens is 459 g/mol. The first-order chi connectivity index (χ1) is 17.5. The Hall–Kier alpha value is -4.04. The number of carbonyl (C=O) groups is 1. The van der Waals surface area contributed by atoms with E-state index >= 15 is 0 Å². The highest BCUT2D eigenvalue weighted by Gasteiger charge is 2.26. The van der Waals surface area contributed by atoms with Crippen LogP contribution in [0.1, 0.15) is 21.6 Å². The van der Waals surface area contributed by atoms with Gasteiger partial charge in [-0.15, -0.1) is 0 Å². The molecule has 0 spiro atoms. The SMILES string of the molecule is COc1ccc(CN2CCN(C(=O)c3nn(Cc4ccccc4)c(=O)c4ccccc34)CC2)cc1F. The van der Waals surface area contributed by atoms with Crippen molar-refractivity contribution < 1.29 is 13.9 Å². The quantitative estimate of drug-likeness (QED) is 0.417. The van der Waals surface area contributed by atoms with Crippen molar-refractivity contribution in [3.05, 3.63) is 106 Å². The average Bonchev–Trinajstić information content (AvgIpc) is 2.91. The Morgan fingerprint density at radius 2 is 1.58 bits per heavy atom. The Bertz CT molecular complexity index is 1450. The third-order valence-electron chi connectivity index (χ3n) is 6.53. The summed E-state index contributed by atoms with van der Waals surface area (Å²) in [4.78, 5) is 30.6. The number of rotatable bonds is 6. The van der Waals surface area contributed by atoms with Gasteiger partial charge in [-0.1, -0.05) is 54.6 Å². The average molecular weight is 487 g/mol. The summed E-state index contributed by atoms with van der Waals surface area (Å²) in [5.41, 5.74) is 1.85. The highest BCUT2D eigenvalue weighted by molar-refractivity contribution is 6.04. The van der Waals surface area contributed by atoms with Crippen LogP contribution < -0.4 is 10.3 Å². The predicted molar refractivity (Wildman–Crippen MR) is 136 cm³/mol. The second-order valence-corrected chi connectivity index (χ2v) is 8.88. The molecule has 3 aromatic carbocycles. The number of hydrogen-bond acceptors (Lipinski definition) is 5. The van der Waals surface area contributed by atoms with Gasteiger partial charge in [-0.05, 0) is 29.3 Å². The summed E-state index contributed by atoms with van der Waals surface area (Å²) in [6.07, 6.45) is 0. The molecule has 0 radical (unpaired) electrons. The maximum atomic E-state index is 14.1. The van der Waals surface area contributed by atoms with E-state index < -0.39 is 0 Å². The highest BCUT2D eigenvalue weighted by atomic mass is 19.1. The molecule has 8 heteroatoms. The number of piperazine rings is 1. The fraction of sp³-hybridized carbons (Fsp3) is 0.250. The van der Waals surface area contributed by atoms with Crippen molar-refractivity contribution in [2.45, 2.75) is 13.1 Å². The van der Waals surface area contributed by atoms with E-state index in [4.69, 9.17) is 4.74 Å². The van der Waals surface area contributed by atoms with Crippen LogP contribution in [0.3, 0.4) is 0 Å². The lowest BCUT2D eigenvalue weighted by molar-refractivity contribution is 0.0622. The first-order valence-corrected chi connectivity index (χ1v) is 11.9. The number of halogens is 1. The maximum absolute atomic E-state index is 14.1. The minimum Gasteiger partial charge on any atom is -0.494 e. The number of benzene rings is 3. The number of amides is 1. The zero-order valence-corrected chi connectivity index (χ0v) is 20.1. The van der Waals surface area contributed by atoms with E-state index in [0.29, 0.717) is 43.5 Å². The van der Waals surface area contributed by atoms with E-state index in [9.17, 15) is 14.0 Å². The number of aromatic nitrogens is 2. The lowest BCUT2D eigenvalue weighted by atomic mass is 10.1. The molecule has 0 N–H and O–H groups in total. The molecule has 4 aromatic rings. The summed E-state index contributed by atoms with van der Waals surface area (Å²) in [5, 5.41) is 5.57. The summed E-state index contributed by atoms with van der Waals surface area (Å²) >= 11 is 0. The van der Waals surface area contributed by atoms with Gasteiger partial charge in [0.2, 0.25) is 0 Å². The number of fused-ring (bicyclic) bond motifs is 1. The van der Waals surface area contributed by atoms with Crippen LogP contribution in [0.25, 0.3) is 10.8 Å². The van der Waals surface area contributed by atoms with Gasteiger partial charge in [-0.2, -0.15) is 5.10 Å². The van der Waals surface area contributed by atoms with Gasteiger partial charge < -0.3 is 9.64 Å². The lowest BCUT2D eigenvalue weighted by Gasteiger charge is -2.34. The zero-order valence-electron chi connectivity index (χ0n) is 20.1. The van der Waals surface area contributed by atoms with E-state index in [2.05, 4.69) is 10.00 Å². The molecule has 36 heavy (non-hydrogen) atoms. The molecular formula is C28H27FN4O3. The fourth-order valence-corrected chi connectivity index (χ4v) is 4.58. The van der Waals surface area contributed by atoms with Crippen molar-refractivity contribution in [1.82, 2.24) is 19.6 Å². The Kier molecular flexibility index (Phi) is 6.77. The number of nitrogens with zero attached hydrogens (tertiary/aromatic N) is 4. The molecule has 0 bridgehead atoms. The Morgan fingerprint density at radius 3 is 2.28 bits per heavy atom. The van der Waals surface area contributed by atoms with Gasteiger partial charge >= 0.3 is 0 Å². The molecule has 1 aliphatic rings. The van der Waals surface area contributed by atoms with Crippen LogP contribution >= 0.6 is 0 Å². The molecule has 0 unspecified atom stereocenters. The molecule has 1 fully saturated rings. The maximum Gasteiger partial charge on any atom is 0.275 e. The second-order valence-electron chi connectivity index (χ2n) is 8.88. The van der Waals surface area contributed by atoms with Crippen molar-refractivity contribution >= 4 is 16.7 Å². The molecule has 7 nitrogen and oxygen atoms in total. The number of ether oxygens (including phenoxy) is 1. The van der Waals surface area contributed by atoms with Crippen LogP contribution in [-0.2, 0) is 13.1 Å². The standard InChI is InChI=1S/C28H27FN4O3/c1-36-25-12-11-21(17-24(25)29)18-31-13-15-32(16-14-31)28(35)26-22-9-5-6-10-23(22)27(34)33(30-26)19-20-7-3-2-4-8-20/h2-12,17H,13-16,18-19H2,1H3. The number of carbonyl (C=O) groups excluding carboxylic acids is 1. The summed E-state index contributed by atoms with van der Waals surface area (Å²) in [6, 6.07) is 21.7. The van der Waals surface area contributed by atoms with Gasteiger partial charge in [-0.3, -0.25) is 14.5 Å². The number of hydrogen-bond donors (Lipinski definition) is 0. The Balaban J connectivity index is 1.34. The van der Waals surface area contributed by atoms with Gasteiger partial charge in [-0.25, -0.2) is 9.07 Å². The molecule has 0 aliphatic carbocycles. The molecule has 0 saturated carbocycles. The lowest BCUT2D eigenvalue weighted by Crippen LogP contribution is -2.48. The van der Waals surface area contributed by atoms with E-state index in [1.54, 1.807) is 29.2 Å². The molecule has 5 rings (SSSR count). The molecule has 1 aromatic heterocycles. The van der Waals surface area contributed by atoms with Crippen molar-refractivity contribution in [2.24, 2.45) is 0 Å². The fourth-order valence-electron chi connectivity index (χ4n) is 4.58. The van der Waals surface area contributed by atoms with Crippen molar-refractivity contribution in [3.63, 3.8) is 0 Å². The first kappa shape index (κ1) is 23.7. The van der Waals surface area contributed by atoms with Crippen molar-refractivity contribution in [3.8, 4) is 5.75 Å². The zero-order chi connectivity index (χ0) is 25.1. The van der Waals surface area contributed by atoms with Gasteiger partial charge in [0.15, 0.2) is 17.3 Å². The van der Waals surface area contributed by atoms with Gasteiger partial charge in [0, 0.05) is 38.1 Å². The molecule has 1 amide bonds. The molecule has 2 heterocycles. The molecule has 0 atom stereocenters. The first-order valence-electron chi connectivity index (χ1n) is 11.9. The summed E-state index contributed by atoms with van der Waals surface area (Å²) in [6.45, 7) is 3.22. The molecule has 1 saturated heterocycles.